The average molecular weight is 200 g/mol. The van der Waals surface area contributed by atoms with Gasteiger partial charge in [0.1, 0.15) is 5.82 Å². The average Bonchev–Trinajstić information content (AvgIpc) is 2.31. The summed E-state index contributed by atoms with van der Waals surface area (Å²) in [4.78, 5) is 6.81. The Morgan fingerprint density at radius 3 is 2.87 bits per heavy atom. The van der Waals surface area contributed by atoms with Gasteiger partial charge in [0, 0.05) is 31.3 Å². The Balaban J connectivity index is 2.21. The van der Waals surface area contributed by atoms with Gasteiger partial charge in [-0.05, 0) is 25.3 Å². The summed E-state index contributed by atoms with van der Waals surface area (Å²) in [6.07, 6.45) is 11.8. The van der Waals surface area contributed by atoms with E-state index >= 15 is 0 Å². The van der Waals surface area contributed by atoms with Crippen LogP contribution >= 0.6 is 0 Å². The van der Waals surface area contributed by atoms with E-state index in [0.717, 1.165) is 18.9 Å². The summed E-state index contributed by atoms with van der Waals surface area (Å²) < 4.78 is 0. The van der Waals surface area contributed by atoms with Crippen LogP contribution in [0.1, 0.15) is 24.8 Å². The molecule has 1 aromatic rings. The van der Waals surface area contributed by atoms with Crippen LogP contribution in [0.25, 0.3) is 0 Å². The number of hydrogen-bond donors (Lipinski definition) is 0. The van der Waals surface area contributed by atoms with Gasteiger partial charge in [-0.25, -0.2) is 4.98 Å². The number of rotatable bonds is 2. The number of aromatic nitrogens is 1. The molecule has 0 saturated carbocycles. The predicted octanol–water partition coefficient (Wildman–Crippen LogP) is 2.25. The molecule has 0 aliphatic carbocycles. The lowest BCUT2D eigenvalue weighted by Gasteiger charge is -2.29. The minimum atomic E-state index is 0.680. The fraction of sp³-hybridized carbons (Fsp3) is 0.462. The quantitative estimate of drug-likeness (QED) is 0.681. The molecule has 1 fully saturated rings. The van der Waals surface area contributed by atoms with Crippen LogP contribution in [0.5, 0.6) is 0 Å². The topological polar surface area (TPSA) is 16.1 Å². The lowest BCUT2D eigenvalue weighted by Crippen LogP contribution is -2.31. The third-order valence-corrected chi connectivity index (χ3v) is 2.82. The number of terminal acetylenes is 1. The van der Waals surface area contributed by atoms with Gasteiger partial charge >= 0.3 is 0 Å². The van der Waals surface area contributed by atoms with E-state index in [0.29, 0.717) is 6.42 Å². The number of anilines is 1. The molecule has 0 atom stereocenters. The Kier molecular flexibility index (Phi) is 3.24. The maximum Gasteiger partial charge on any atom is 0.132 e. The minimum absolute atomic E-state index is 0.680. The predicted molar refractivity (Wildman–Crippen MR) is 62.8 cm³/mol. The van der Waals surface area contributed by atoms with Gasteiger partial charge in [-0.2, -0.15) is 0 Å². The second-order valence-corrected chi connectivity index (χ2v) is 3.91. The van der Waals surface area contributed by atoms with Crippen LogP contribution in [0, 0.1) is 12.3 Å². The molecule has 78 valence electrons. The van der Waals surface area contributed by atoms with Gasteiger partial charge in [0.2, 0.25) is 0 Å². The van der Waals surface area contributed by atoms with E-state index in [4.69, 9.17) is 6.42 Å². The Morgan fingerprint density at radius 2 is 2.13 bits per heavy atom. The van der Waals surface area contributed by atoms with Gasteiger partial charge in [-0.1, -0.05) is 6.07 Å². The highest BCUT2D eigenvalue weighted by atomic mass is 15.2. The second-order valence-electron chi connectivity index (χ2n) is 3.91. The third-order valence-electron chi connectivity index (χ3n) is 2.82. The van der Waals surface area contributed by atoms with Crippen LogP contribution in [0.4, 0.5) is 5.82 Å². The van der Waals surface area contributed by atoms with E-state index in [9.17, 15) is 0 Å². The summed E-state index contributed by atoms with van der Waals surface area (Å²) >= 11 is 0. The van der Waals surface area contributed by atoms with Crippen LogP contribution in [0.3, 0.4) is 0 Å². The van der Waals surface area contributed by atoms with Crippen molar-refractivity contribution in [1.29, 1.82) is 0 Å². The van der Waals surface area contributed by atoms with E-state index < -0.39 is 0 Å². The molecule has 1 aliphatic rings. The molecule has 0 aromatic carbocycles. The summed E-state index contributed by atoms with van der Waals surface area (Å²) in [6.45, 7) is 2.24. The van der Waals surface area contributed by atoms with Crippen LogP contribution in [0.15, 0.2) is 18.3 Å². The lowest BCUT2D eigenvalue weighted by molar-refractivity contribution is 0.572. The van der Waals surface area contributed by atoms with Crippen molar-refractivity contribution in [2.45, 2.75) is 25.7 Å². The summed E-state index contributed by atoms with van der Waals surface area (Å²) in [5, 5.41) is 0. The highest BCUT2D eigenvalue weighted by Crippen LogP contribution is 2.21. The number of hydrogen-bond acceptors (Lipinski definition) is 2. The molecule has 0 radical (unpaired) electrons. The van der Waals surface area contributed by atoms with Gasteiger partial charge < -0.3 is 4.90 Å². The monoisotopic (exact) mass is 200 g/mol. The third kappa shape index (κ3) is 2.30. The number of piperidine rings is 1. The standard InChI is InChI=1S/C13H16N2/c1-2-7-12-8-6-9-14-13(12)15-10-4-3-5-11-15/h1,6,8-9H,3-5,7,10-11H2. The van der Waals surface area contributed by atoms with Crippen LogP contribution in [-0.2, 0) is 6.42 Å². The highest BCUT2D eigenvalue weighted by molar-refractivity contribution is 5.48. The number of pyridine rings is 1. The molecule has 2 heteroatoms. The first-order chi connectivity index (χ1) is 7.42. The zero-order valence-corrected chi connectivity index (χ0v) is 8.95. The van der Waals surface area contributed by atoms with Crippen molar-refractivity contribution < 1.29 is 0 Å². The summed E-state index contributed by atoms with van der Waals surface area (Å²) in [6, 6.07) is 4.04. The Morgan fingerprint density at radius 1 is 1.33 bits per heavy atom. The first-order valence-electron chi connectivity index (χ1n) is 5.54. The van der Waals surface area contributed by atoms with Gasteiger partial charge in [-0.3, -0.25) is 0 Å². The van der Waals surface area contributed by atoms with E-state index in [1.54, 1.807) is 0 Å². The Labute approximate surface area is 91.3 Å². The zero-order valence-electron chi connectivity index (χ0n) is 8.95. The van der Waals surface area contributed by atoms with E-state index in [1.165, 1.54) is 24.8 Å². The molecule has 0 unspecified atom stereocenters. The lowest BCUT2D eigenvalue weighted by atomic mass is 10.1. The molecular formula is C13H16N2. The first-order valence-corrected chi connectivity index (χ1v) is 5.54. The normalized spacial score (nSPS) is 16.1. The van der Waals surface area contributed by atoms with Crippen LogP contribution in [0.2, 0.25) is 0 Å². The van der Waals surface area contributed by atoms with Gasteiger partial charge in [0.25, 0.3) is 0 Å². The summed E-state index contributed by atoms with van der Waals surface area (Å²) in [7, 11) is 0. The van der Waals surface area contributed by atoms with Crippen molar-refractivity contribution >= 4 is 5.82 Å². The molecule has 1 aliphatic heterocycles. The Hall–Kier alpha value is -1.49. The van der Waals surface area contributed by atoms with Crippen molar-refractivity contribution in [3.8, 4) is 12.3 Å². The molecule has 1 aromatic heterocycles. The molecule has 15 heavy (non-hydrogen) atoms. The van der Waals surface area contributed by atoms with Crippen molar-refractivity contribution in [2.75, 3.05) is 18.0 Å². The molecule has 2 heterocycles. The van der Waals surface area contributed by atoms with E-state index in [2.05, 4.69) is 21.9 Å². The largest absolute Gasteiger partial charge is 0.356 e. The fourth-order valence-corrected chi connectivity index (χ4v) is 2.07. The van der Waals surface area contributed by atoms with E-state index in [-0.39, 0.29) is 0 Å². The van der Waals surface area contributed by atoms with Crippen LogP contribution in [-0.4, -0.2) is 18.1 Å². The maximum atomic E-state index is 5.36. The Bertz CT molecular complexity index is 359. The zero-order chi connectivity index (χ0) is 10.5. The second kappa shape index (κ2) is 4.84. The first kappa shape index (κ1) is 10.0. The maximum absolute atomic E-state index is 5.36. The minimum Gasteiger partial charge on any atom is -0.356 e. The van der Waals surface area contributed by atoms with Gasteiger partial charge in [0.15, 0.2) is 0 Å². The van der Waals surface area contributed by atoms with Gasteiger partial charge in [0.05, 0.1) is 0 Å². The van der Waals surface area contributed by atoms with Crippen molar-refractivity contribution in [2.24, 2.45) is 0 Å². The van der Waals surface area contributed by atoms with Crippen molar-refractivity contribution in [3.05, 3.63) is 23.9 Å². The SMILES string of the molecule is C#CCc1cccnc1N1CCCCC1. The molecule has 2 nitrogen and oxygen atoms in total. The van der Waals surface area contributed by atoms with Crippen molar-refractivity contribution in [1.82, 2.24) is 4.98 Å². The fourth-order valence-electron chi connectivity index (χ4n) is 2.07. The van der Waals surface area contributed by atoms with Crippen LogP contribution < -0.4 is 4.90 Å². The molecule has 0 N–H and O–H groups in total. The summed E-state index contributed by atoms with van der Waals surface area (Å²) in [5.41, 5.74) is 1.18. The molecule has 0 amide bonds. The molecule has 1 saturated heterocycles. The summed E-state index contributed by atoms with van der Waals surface area (Å²) in [5.74, 6) is 3.79. The molecule has 0 spiro atoms. The molecule has 2 rings (SSSR count). The van der Waals surface area contributed by atoms with E-state index in [1.807, 2.05) is 12.3 Å². The van der Waals surface area contributed by atoms with Gasteiger partial charge in [-0.15, -0.1) is 12.3 Å². The molecule has 0 bridgehead atoms. The van der Waals surface area contributed by atoms with Crippen molar-refractivity contribution in [3.63, 3.8) is 0 Å². The number of nitrogens with zero attached hydrogens (tertiary/aromatic N) is 2. The molecular weight excluding hydrogens is 184 g/mol. The highest BCUT2D eigenvalue weighted by Gasteiger charge is 2.14. The smallest absolute Gasteiger partial charge is 0.132 e.